The highest BCUT2D eigenvalue weighted by Crippen LogP contribution is 2.24. The zero-order chi connectivity index (χ0) is 10.8. The predicted octanol–water partition coefficient (Wildman–Crippen LogP) is 2.17. The largest absolute Gasteiger partial charge is 0.384 e. The summed E-state index contributed by atoms with van der Waals surface area (Å²) in [5.41, 5.74) is 2.73. The maximum Gasteiger partial charge on any atom is 0.0946 e. The van der Waals surface area contributed by atoms with Gasteiger partial charge in [-0.15, -0.1) is 0 Å². The molecule has 82 valence electrons. The zero-order valence-electron chi connectivity index (χ0n) is 9.13. The molecule has 0 spiro atoms. The molecule has 2 heterocycles. The van der Waals surface area contributed by atoms with Gasteiger partial charge in [-0.1, -0.05) is 18.2 Å². The molecule has 3 nitrogen and oxygen atoms in total. The zero-order valence-corrected chi connectivity index (χ0v) is 9.13. The van der Waals surface area contributed by atoms with Crippen molar-refractivity contribution in [3.8, 4) is 0 Å². The average molecular weight is 213 g/mol. The van der Waals surface area contributed by atoms with E-state index in [2.05, 4.69) is 39.1 Å². The first-order valence-electron chi connectivity index (χ1n) is 5.69. The molecule has 16 heavy (non-hydrogen) atoms. The molecule has 0 aliphatic carbocycles. The van der Waals surface area contributed by atoms with Gasteiger partial charge in [-0.2, -0.15) is 0 Å². The number of imidazole rings is 1. The Kier molecular flexibility index (Phi) is 2.37. The molecular formula is C13H15N3. The van der Waals surface area contributed by atoms with E-state index >= 15 is 0 Å². The molecule has 0 saturated carbocycles. The molecule has 0 bridgehead atoms. The lowest BCUT2D eigenvalue weighted by Gasteiger charge is -2.26. The third-order valence-corrected chi connectivity index (χ3v) is 3.14. The van der Waals surface area contributed by atoms with Crippen molar-refractivity contribution in [2.75, 3.05) is 11.9 Å². The second-order valence-electron chi connectivity index (χ2n) is 4.37. The number of nitrogens with one attached hydrogen (secondary N) is 1. The quantitative estimate of drug-likeness (QED) is 0.828. The van der Waals surface area contributed by atoms with Crippen molar-refractivity contribution in [1.29, 1.82) is 0 Å². The summed E-state index contributed by atoms with van der Waals surface area (Å²) in [5.74, 6) is 0.657. The van der Waals surface area contributed by atoms with Crippen LogP contribution in [0.15, 0.2) is 43.0 Å². The fraction of sp³-hybridized carbons (Fsp3) is 0.308. The number of rotatable bonds is 2. The number of hydrogen-bond donors (Lipinski definition) is 1. The Morgan fingerprint density at radius 1 is 1.38 bits per heavy atom. The molecule has 1 N–H and O–H groups in total. The van der Waals surface area contributed by atoms with Crippen LogP contribution in [0.4, 0.5) is 5.69 Å². The molecule has 1 atom stereocenters. The molecule has 1 aromatic heterocycles. The maximum atomic E-state index is 4.07. The van der Waals surface area contributed by atoms with Crippen molar-refractivity contribution in [3.05, 3.63) is 48.5 Å². The Balaban J connectivity index is 1.73. The lowest BCUT2D eigenvalue weighted by atomic mass is 9.94. The number of nitrogens with zero attached hydrogens (tertiary/aromatic N) is 2. The lowest BCUT2D eigenvalue weighted by molar-refractivity contribution is 0.452. The van der Waals surface area contributed by atoms with Crippen LogP contribution in [0.5, 0.6) is 0 Å². The number of fused-ring (bicyclic) bond motifs is 1. The molecule has 0 amide bonds. The van der Waals surface area contributed by atoms with E-state index in [4.69, 9.17) is 0 Å². The summed E-state index contributed by atoms with van der Waals surface area (Å²) in [6, 6.07) is 8.56. The van der Waals surface area contributed by atoms with Gasteiger partial charge in [-0.25, -0.2) is 4.98 Å². The fourth-order valence-corrected chi connectivity index (χ4v) is 2.33. The van der Waals surface area contributed by atoms with Crippen molar-refractivity contribution in [1.82, 2.24) is 9.55 Å². The number of anilines is 1. The summed E-state index contributed by atoms with van der Waals surface area (Å²) in [5, 5.41) is 3.49. The van der Waals surface area contributed by atoms with Crippen LogP contribution in [0.3, 0.4) is 0 Å². The van der Waals surface area contributed by atoms with E-state index in [-0.39, 0.29) is 0 Å². The summed E-state index contributed by atoms with van der Waals surface area (Å²) in [6.45, 7) is 2.09. The van der Waals surface area contributed by atoms with Gasteiger partial charge < -0.3 is 9.88 Å². The number of hydrogen-bond acceptors (Lipinski definition) is 2. The summed E-state index contributed by atoms with van der Waals surface area (Å²) in [4.78, 5) is 4.07. The Labute approximate surface area is 95.1 Å². The average Bonchev–Trinajstić information content (AvgIpc) is 2.82. The van der Waals surface area contributed by atoms with Crippen LogP contribution in [0.2, 0.25) is 0 Å². The summed E-state index contributed by atoms with van der Waals surface area (Å²) >= 11 is 0. The Morgan fingerprint density at radius 2 is 2.31 bits per heavy atom. The van der Waals surface area contributed by atoms with Gasteiger partial charge in [0.1, 0.15) is 0 Å². The van der Waals surface area contributed by atoms with E-state index in [0.717, 1.165) is 19.5 Å². The molecule has 1 aliphatic heterocycles. The number of para-hydroxylation sites is 1. The highest BCUT2D eigenvalue weighted by molar-refractivity contribution is 5.53. The van der Waals surface area contributed by atoms with Crippen LogP contribution in [0, 0.1) is 5.92 Å². The Morgan fingerprint density at radius 3 is 3.19 bits per heavy atom. The van der Waals surface area contributed by atoms with Gasteiger partial charge in [0.2, 0.25) is 0 Å². The molecule has 3 rings (SSSR count). The minimum atomic E-state index is 0.657. The van der Waals surface area contributed by atoms with E-state index in [1.807, 2.05) is 18.7 Å². The van der Waals surface area contributed by atoms with Crippen molar-refractivity contribution in [2.45, 2.75) is 13.0 Å². The van der Waals surface area contributed by atoms with Crippen LogP contribution in [0.25, 0.3) is 0 Å². The molecular weight excluding hydrogens is 198 g/mol. The van der Waals surface area contributed by atoms with E-state index in [1.165, 1.54) is 11.3 Å². The number of aromatic nitrogens is 2. The van der Waals surface area contributed by atoms with E-state index in [0.29, 0.717) is 5.92 Å². The topological polar surface area (TPSA) is 29.9 Å². The van der Waals surface area contributed by atoms with Gasteiger partial charge in [-0.3, -0.25) is 0 Å². The third-order valence-electron chi connectivity index (χ3n) is 3.14. The molecule has 1 aliphatic rings. The second kappa shape index (κ2) is 4.00. The fourth-order valence-electron chi connectivity index (χ4n) is 2.33. The first-order chi connectivity index (χ1) is 7.92. The summed E-state index contributed by atoms with van der Waals surface area (Å²) < 4.78 is 2.15. The smallest absolute Gasteiger partial charge is 0.0946 e. The predicted molar refractivity (Wildman–Crippen MR) is 64.4 cm³/mol. The monoisotopic (exact) mass is 213 g/mol. The van der Waals surface area contributed by atoms with Crippen LogP contribution < -0.4 is 5.32 Å². The SMILES string of the molecule is c1ccc2c(c1)CC(Cn1ccnc1)CN2. The van der Waals surface area contributed by atoms with Crippen molar-refractivity contribution in [3.63, 3.8) is 0 Å². The third kappa shape index (κ3) is 1.81. The first-order valence-corrected chi connectivity index (χ1v) is 5.69. The van der Waals surface area contributed by atoms with Crippen LogP contribution in [-0.4, -0.2) is 16.1 Å². The Hall–Kier alpha value is -1.77. The highest BCUT2D eigenvalue weighted by atomic mass is 15.0. The van der Waals surface area contributed by atoms with Crippen LogP contribution in [0.1, 0.15) is 5.56 Å². The highest BCUT2D eigenvalue weighted by Gasteiger charge is 2.17. The molecule has 2 aromatic rings. The molecule has 1 unspecified atom stereocenters. The minimum Gasteiger partial charge on any atom is -0.384 e. The van der Waals surface area contributed by atoms with Crippen molar-refractivity contribution < 1.29 is 0 Å². The van der Waals surface area contributed by atoms with Gasteiger partial charge in [0.25, 0.3) is 0 Å². The first kappa shape index (κ1) is 9.46. The standard InChI is InChI=1S/C13H15N3/c1-2-4-13-12(3-1)7-11(8-15-13)9-16-6-5-14-10-16/h1-6,10-11,15H,7-9H2. The van der Waals surface area contributed by atoms with E-state index in [9.17, 15) is 0 Å². The normalized spacial score (nSPS) is 18.9. The lowest BCUT2D eigenvalue weighted by Crippen LogP contribution is -2.26. The van der Waals surface area contributed by atoms with Gasteiger partial charge in [0.15, 0.2) is 0 Å². The molecule has 0 fully saturated rings. The van der Waals surface area contributed by atoms with E-state index < -0.39 is 0 Å². The van der Waals surface area contributed by atoms with Crippen molar-refractivity contribution in [2.24, 2.45) is 5.92 Å². The van der Waals surface area contributed by atoms with Gasteiger partial charge in [0.05, 0.1) is 6.33 Å². The molecule has 3 heteroatoms. The summed E-state index contributed by atoms with van der Waals surface area (Å²) in [7, 11) is 0. The van der Waals surface area contributed by atoms with Gasteiger partial charge in [0, 0.05) is 31.2 Å². The maximum absolute atomic E-state index is 4.07. The molecule has 0 radical (unpaired) electrons. The van der Waals surface area contributed by atoms with Gasteiger partial charge in [-0.05, 0) is 24.0 Å². The van der Waals surface area contributed by atoms with Gasteiger partial charge >= 0.3 is 0 Å². The Bertz CT molecular complexity index is 462. The number of benzene rings is 1. The minimum absolute atomic E-state index is 0.657. The molecule has 0 saturated heterocycles. The van der Waals surface area contributed by atoms with Crippen LogP contribution >= 0.6 is 0 Å². The van der Waals surface area contributed by atoms with E-state index in [1.54, 1.807) is 0 Å². The molecule has 1 aromatic carbocycles. The van der Waals surface area contributed by atoms with Crippen LogP contribution in [-0.2, 0) is 13.0 Å². The second-order valence-corrected chi connectivity index (χ2v) is 4.37. The van der Waals surface area contributed by atoms with Crippen molar-refractivity contribution >= 4 is 5.69 Å². The summed E-state index contributed by atoms with van der Waals surface area (Å²) in [6.07, 6.45) is 6.91.